The summed E-state index contributed by atoms with van der Waals surface area (Å²) in [4.78, 5) is 0. The predicted molar refractivity (Wildman–Crippen MR) is 70.0 cm³/mol. The van der Waals surface area contributed by atoms with Crippen molar-refractivity contribution in [1.29, 1.82) is 0 Å². The zero-order valence-electron chi connectivity index (χ0n) is 10.6. The van der Waals surface area contributed by atoms with Gasteiger partial charge in [-0.1, -0.05) is 12.1 Å². The first-order valence-electron chi connectivity index (χ1n) is 6.00. The maximum atomic E-state index is 9.98. The highest BCUT2D eigenvalue weighted by Crippen LogP contribution is 2.38. The summed E-state index contributed by atoms with van der Waals surface area (Å²) in [5, 5.41) is 9.98. The minimum atomic E-state index is 0.209. The Balaban J connectivity index is 1.86. The van der Waals surface area contributed by atoms with Gasteiger partial charge in [0.05, 0.1) is 7.11 Å². The number of fused-ring (bicyclic) bond motifs is 1. The van der Waals surface area contributed by atoms with E-state index in [4.69, 9.17) is 14.2 Å². The van der Waals surface area contributed by atoms with E-state index < -0.39 is 0 Å². The molecule has 0 fully saturated rings. The molecule has 3 rings (SSSR count). The predicted octanol–water partition coefficient (Wildman–Crippen LogP) is 2.72. The first-order valence-corrected chi connectivity index (χ1v) is 6.00. The molecular formula is C15H14O4. The molecule has 0 amide bonds. The SMILES string of the molecule is COc1ccc(Cc2cc3c(cc2O)OCO3)cc1. The molecule has 4 nitrogen and oxygen atoms in total. The van der Waals surface area contributed by atoms with Gasteiger partial charge in [-0.3, -0.25) is 0 Å². The highest BCUT2D eigenvalue weighted by atomic mass is 16.7. The lowest BCUT2D eigenvalue weighted by Crippen LogP contribution is -1.93. The number of rotatable bonds is 3. The van der Waals surface area contributed by atoms with Crippen LogP contribution in [-0.2, 0) is 6.42 Å². The number of phenols is 1. The summed E-state index contributed by atoms with van der Waals surface area (Å²) in [7, 11) is 1.64. The van der Waals surface area contributed by atoms with Gasteiger partial charge >= 0.3 is 0 Å². The molecule has 0 aliphatic carbocycles. The van der Waals surface area contributed by atoms with Crippen LogP contribution in [0.25, 0.3) is 0 Å². The first kappa shape index (κ1) is 11.7. The van der Waals surface area contributed by atoms with E-state index in [2.05, 4.69) is 0 Å². The molecule has 4 heteroatoms. The molecular weight excluding hydrogens is 244 g/mol. The second-order valence-electron chi connectivity index (χ2n) is 4.36. The first-order chi connectivity index (χ1) is 9.26. The molecule has 0 spiro atoms. The molecule has 98 valence electrons. The van der Waals surface area contributed by atoms with Crippen LogP contribution in [0.15, 0.2) is 36.4 Å². The van der Waals surface area contributed by atoms with Crippen LogP contribution in [0.5, 0.6) is 23.0 Å². The van der Waals surface area contributed by atoms with E-state index in [9.17, 15) is 5.11 Å². The van der Waals surface area contributed by atoms with Crippen molar-refractivity contribution in [3.63, 3.8) is 0 Å². The third-order valence-corrected chi connectivity index (χ3v) is 3.13. The summed E-state index contributed by atoms with van der Waals surface area (Å²) in [6, 6.07) is 11.2. The van der Waals surface area contributed by atoms with Crippen molar-refractivity contribution in [2.75, 3.05) is 13.9 Å². The lowest BCUT2D eigenvalue weighted by molar-refractivity contribution is 0.174. The Morgan fingerprint density at radius 1 is 1.11 bits per heavy atom. The molecule has 1 N–H and O–H groups in total. The average molecular weight is 258 g/mol. The lowest BCUT2D eigenvalue weighted by Gasteiger charge is -2.07. The largest absolute Gasteiger partial charge is 0.508 e. The summed E-state index contributed by atoms with van der Waals surface area (Å²) in [6.07, 6.45) is 0.631. The summed E-state index contributed by atoms with van der Waals surface area (Å²) < 4.78 is 15.6. The van der Waals surface area contributed by atoms with Gasteiger partial charge in [-0.05, 0) is 23.8 Å². The van der Waals surface area contributed by atoms with Crippen LogP contribution < -0.4 is 14.2 Å². The Hall–Kier alpha value is -2.36. The maximum absolute atomic E-state index is 9.98. The number of phenolic OH excluding ortho intramolecular Hbond substituents is 1. The van der Waals surface area contributed by atoms with Crippen molar-refractivity contribution in [3.8, 4) is 23.0 Å². The van der Waals surface area contributed by atoms with Gasteiger partial charge < -0.3 is 19.3 Å². The number of aromatic hydroxyl groups is 1. The van der Waals surface area contributed by atoms with Gasteiger partial charge in [-0.25, -0.2) is 0 Å². The van der Waals surface area contributed by atoms with Crippen molar-refractivity contribution < 1.29 is 19.3 Å². The molecule has 19 heavy (non-hydrogen) atoms. The van der Waals surface area contributed by atoms with E-state index in [0.717, 1.165) is 16.9 Å². The molecule has 0 saturated carbocycles. The van der Waals surface area contributed by atoms with Crippen LogP contribution in [-0.4, -0.2) is 19.0 Å². The minimum Gasteiger partial charge on any atom is -0.508 e. The summed E-state index contributed by atoms with van der Waals surface area (Å²) in [5.74, 6) is 2.32. The number of hydrogen-bond donors (Lipinski definition) is 1. The average Bonchev–Trinajstić information content (AvgIpc) is 2.87. The monoisotopic (exact) mass is 258 g/mol. The van der Waals surface area contributed by atoms with E-state index in [-0.39, 0.29) is 12.5 Å². The fraction of sp³-hybridized carbons (Fsp3) is 0.200. The van der Waals surface area contributed by atoms with Gasteiger partial charge in [0.1, 0.15) is 11.5 Å². The number of benzene rings is 2. The minimum absolute atomic E-state index is 0.209. The highest BCUT2D eigenvalue weighted by Gasteiger charge is 2.17. The Kier molecular flexibility index (Phi) is 2.91. The Labute approximate surface area is 111 Å². The number of ether oxygens (including phenoxy) is 3. The van der Waals surface area contributed by atoms with Crippen LogP contribution in [0.2, 0.25) is 0 Å². The normalized spacial score (nSPS) is 12.5. The summed E-state index contributed by atoms with van der Waals surface area (Å²) >= 11 is 0. The molecule has 0 saturated heterocycles. The highest BCUT2D eigenvalue weighted by molar-refractivity contribution is 5.52. The van der Waals surface area contributed by atoms with Gasteiger partial charge in [-0.15, -0.1) is 0 Å². The van der Waals surface area contributed by atoms with E-state index in [0.29, 0.717) is 17.9 Å². The quantitative estimate of drug-likeness (QED) is 0.919. The Morgan fingerprint density at radius 3 is 2.47 bits per heavy atom. The Bertz CT molecular complexity index is 590. The van der Waals surface area contributed by atoms with Gasteiger partial charge in [0.25, 0.3) is 0 Å². The van der Waals surface area contributed by atoms with E-state index in [1.807, 2.05) is 30.3 Å². The summed E-state index contributed by atoms with van der Waals surface area (Å²) in [6.45, 7) is 0.209. The standard InChI is InChI=1S/C15H14O4/c1-17-12-4-2-10(3-5-12)6-11-7-14-15(8-13(11)16)19-9-18-14/h2-5,7-8,16H,6,9H2,1H3. The molecule has 2 aromatic rings. The van der Waals surface area contributed by atoms with E-state index >= 15 is 0 Å². The van der Waals surface area contributed by atoms with Gasteiger partial charge in [0, 0.05) is 18.1 Å². The smallest absolute Gasteiger partial charge is 0.231 e. The topological polar surface area (TPSA) is 47.9 Å². The Morgan fingerprint density at radius 2 is 1.79 bits per heavy atom. The molecule has 0 atom stereocenters. The van der Waals surface area contributed by atoms with Crippen molar-refractivity contribution in [1.82, 2.24) is 0 Å². The lowest BCUT2D eigenvalue weighted by atomic mass is 10.0. The van der Waals surface area contributed by atoms with Crippen molar-refractivity contribution in [2.45, 2.75) is 6.42 Å². The van der Waals surface area contributed by atoms with Crippen LogP contribution >= 0.6 is 0 Å². The van der Waals surface area contributed by atoms with Crippen LogP contribution in [0.1, 0.15) is 11.1 Å². The van der Waals surface area contributed by atoms with Crippen LogP contribution in [0.4, 0.5) is 0 Å². The van der Waals surface area contributed by atoms with Crippen LogP contribution in [0, 0.1) is 0 Å². The third kappa shape index (κ3) is 2.29. The molecule has 0 unspecified atom stereocenters. The second-order valence-corrected chi connectivity index (χ2v) is 4.36. The summed E-state index contributed by atoms with van der Waals surface area (Å²) in [5.41, 5.74) is 1.91. The molecule has 2 aromatic carbocycles. The molecule has 1 heterocycles. The number of methoxy groups -OCH3 is 1. The van der Waals surface area contributed by atoms with Gasteiger partial charge in [0.15, 0.2) is 11.5 Å². The van der Waals surface area contributed by atoms with Crippen molar-refractivity contribution >= 4 is 0 Å². The number of hydrogen-bond acceptors (Lipinski definition) is 4. The van der Waals surface area contributed by atoms with Crippen LogP contribution in [0.3, 0.4) is 0 Å². The van der Waals surface area contributed by atoms with Crippen molar-refractivity contribution in [3.05, 3.63) is 47.5 Å². The molecule has 0 radical (unpaired) electrons. The molecule has 0 bridgehead atoms. The van der Waals surface area contributed by atoms with Gasteiger partial charge in [0.2, 0.25) is 6.79 Å². The molecule has 1 aliphatic heterocycles. The molecule has 1 aliphatic rings. The molecule has 0 aromatic heterocycles. The third-order valence-electron chi connectivity index (χ3n) is 3.13. The second kappa shape index (κ2) is 4.72. The van der Waals surface area contributed by atoms with Gasteiger partial charge in [-0.2, -0.15) is 0 Å². The zero-order valence-corrected chi connectivity index (χ0v) is 10.6. The zero-order chi connectivity index (χ0) is 13.2. The fourth-order valence-corrected chi connectivity index (χ4v) is 2.08. The van der Waals surface area contributed by atoms with E-state index in [1.165, 1.54) is 0 Å². The maximum Gasteiger partial charge on any atom is 0.231 e. The van der Waals surface area contributed by atoms with E-state index in [1.54, 1.807) is 13.2 Å². The van der Waals surface area contributed by atoms with Crippen molar-refractivity contribution in [2.24, 2.45) is 0 Å². The fourth-order valence-electron chi connectivity index (χ4n) is 2.08.